The molecule has 0 saturated carbocycles. The van der Waals surface area contributed by atoms with Crippen LogP contribution in [-0.2, 0) is 9.59 Å². The van der Waals surface area contributed by atoms with E-state index in [9.17, 15) is 9.59 Å². The zero-order valence-corrected chi connectivity index (χ0v) is 13.7. The van der Waals surface area contributed by atoms with E-state index in [1.807, 2.05) is 0 Å². The van der Waals surface area contributed by atoms with E-state index in [2.05, 4.69) is 6.92 Å². The maximum atomic E-state index is 11.7. The fourth-order valence-corrected chi connectivity index (χ4v) is 2.38. The Balaban J connectivity index is 3.91. The van der Waals surface area contributed by atoms with Crippen LogP contribution in [0.2, 0.25) is 0 Å². The molecule has 0 aromatic rings. The van der Waals surface area contributed by atoms with Crippen molar-refractivity contribution in [2.24, 2.45) is 5.92 Å². The molecule has 1 atom stereocenters. The van der Waals surface area contributed by atoms with Crippen LogP contribution in [0.15, 0.2) is 0 Å². The van der Waals surface area contributed by atoms with Gasteiger partial charge in [0.1, 0.15) is 13.5 Å². The van der Waals surface area contributed by atoms with E-state index in [1.54, 1.807) is 0 Å². The molecule has 0 radical (unpaired) electrons. The van der Waals surface area contributed by atoms with Crippen LogP contribution in [0.5, 0.6) is 0 Å². The lowest BCUT2D eigenvalue weighted by Gasteiger charge is -2.19. The molecule has 130 valence electrons. The summed E-state index contributed by atoms with van der Waals surface area (Å²) in [6, 6.07) is 0. The second-order valence-electron chi connectivity index (χ2n) is 5.72. The Hall–Kier alpha value is -1.14. The SMILES string of the molecule is CCCCCCCCCCC(CC(=O)N(CO)CO)C(=O)O. The van der Waals surface area contributed by atoms with Crippen molar-refractivity contribution in [3.8, 4) is 0 Å². The van der Waals surface area contributed by atoms with E-state index in [0.717, 1.165) is 24.2 Å². The Kier molecular flexibility index (Phi) is 12.8. The van der Waals surface area contributed by atoms with Crippen LogP contribution >= 0.6 is 0 Å². The Morgan fingerprint density at radius 2 is 1.41 bits per heavy atom. The molecule has 0 aliphatic rings. The maximum Gasteiger partial charge on any atom is 0.307 e. The predicted octanol–water partition coefficient (Wildman–Crippen LogP) is 2.34. The number of carboxylic acid groups (broad SMARTS) is 1. The maximum absolute atomic E-state index is 11.7. The highest BCUT2D eigenvalue weighted by molar-refractivity contribution is 5.82. The van der Waals surface area contributed by atoms with Gasteiger partial charge in [-0.1, -0.05) is 58.3 Å². The summed E-state index contributed by atoms with van der Waals surface area (Å²) in [5, 5.41) is 26.9. The van der Waals surface area contributed by atoms with Crippen LogP contribution in [-0.4, -0.2) is 45.6 Å². The lowest BCUT2D eigenvalue weighted by Crippen LogP contribution is -2.35. The molecular formula is C16H31NO5. The number of aliphatic carboxylic acids is 1. The fourth-order valence-electron chi connectivity index (χ4n) is 2.38. The average Bonchev–Trinajstić information content (AvgIpc) is 2.49. The molecular weight excluding hydrogens is 286 g/mol. The molecule has 0 fully saturated rings. The number of rotatable bonds is 14. The molecule has 0 aromatic carbocycles. The summed E-state index contributed by atoms with van der Waals surface area (Å²) in [6.45, 7) is 0.987. The van der Waals surface area contributed by atoms with Crippen molar-refractivity contribution in [3.05, 3.63) is 0 Å². The lowest BCUT2D eigenvalue weighted by atomic mass is 9.96. The molecule has 0 saturated heterocycles. The van der Waals surface area contributed by atoms with Crippen molar-refractivity contribution in [1.29, 1.82) is 0 Å². The van der Waals surface area contributed by atoms with Gasteiger partial charge in [0, 0.05) is 6.42 Å². The summed E-state index contributed by atoms with van der Waals surface area (Å²) in [4.78, 5) is 23.7. The van der Waals surface area contributed by atoms with E-state index in [-0.39, 0.29) is 6.42 Å². The van der Waals surface area contributed by atoms with E-state index in [4.69, 9.17) is 15.3 Å². The number of carbonyl (C=O) groups is 2. The molecule has 0 aliphatic heterocycles. The van der Waals surface area contributed by atoms with Gasteiger partial charge in [-0.05, 0) is 6.42 Å². The second-order valence-corrected chi connectivity index (χ2v) is 5.72. The monoisotopic (exact) mass is 317 g/mol. The highest BCUT2D eigenvalue weighted by Gasteiger charge is 2.23. The van der Waals surface area contributed by atoms with Crippen LogP contribution < -0.4 is 0 Å². The predicted molar refractivity (Wildman–Crippen MR) is 84.0 cm³/mol. The Morgan fingerprint density at radius 1 is 0.909 bits per heavy atom. The van der Waals surface area contributed by atoms with Gasteiger partial charge >= 0.3 is 5.97 Å². The minimum Gasteiger partial charge on any atom is -0.481 e. The van der Waals surface area contributed by atoms with Crippen LogP contribution in [0.3, 0.4) is 0 Å². The molecule has 22 heavy (non-hydrogen) atoms. The molecule has 6 nitrogen and oxygen atoms in total. The third-order valence-corrected chi connectivity index (χ3v) is 3.87. The number of hydrogen-bond acceptors (Lipinski definition) is 4. The number of hydrogen-bond donors (Lipinski definition) is 3. The summed E-state index contributed by atoms with van der Waals surface area (Å²) in [6.07, 6.45) is 9.33. The third kappa shape index (κ3) is 9.73. The third-order valence-electron chi connectivity index (χ3n) is 3.87. The number of carbonyl (C=O) groups excluding carboxylic acids is 1. The molecule has 0 spiro atoms. The first-order valence-corrected chi connectivity index (χ1v) is 8.29. The summed E-state index contributed by atoms with van der Waals surface area (Å²) in [5.41, 5.74) is 0. The number of amides is 1. The molecule has 0 heterocycles. The number of carboxylic acids is 1. The van der Waals surface area contributed by atoms with Crippen molar-refractivity contribution in [2.75, 3.05) is 13.5 Å². The van der Waals surface area contributed by atoms with Crippen molar-refractivity contribution < 1.29 is 24.9 Å². The van der Waals surface area contributed by atoms with Gasteiger partial charge in [-0.25, -0.2) is 0 Å². The first-order chi connectivity index (χ1) is 10.6. The summed E-state index contributed by atoms with van der Waals surface area (Å²) < 4.78 is 0. The molecule has 0 aromatic heterocycles. The second kappa shape index (κ2) is 13.5. The van der Waals surface area contributed by atoms with Crippen molar-refractivity contribution in [1.82, 2.24) is 4.90 Å². The number of aliphatic hydroxyl groups is 2. The van der Waals surface area contributed by atoms with E-state index in [0.29, 0.717) is 6.42 Å². The van der Waals surface area contributed by atoms with Crippen LogP contribution in [0.1, 0.15) is 71.1 Å². The van der Waals surface area contributed by atoms with Gasteiger partial charge in [-0.3, -0.25) is 14.5 Å². The minimum absolute atomic E-state index is 0.174. The zero-order chi connectivity index (χ0) is 16.8. The fraction of sp³-hybridized carbons (Fsp3) is 0.875. The van der Waals surface area contributed by atoms with Gasteiger partial charge < -0.3 is 15.3 Å². The van der Waals surface area contributed by atoms with Gasteiger partial charge in [0.2, 0.25) is 5.91 Å². The van der Waals surface area contributed by atoms with Crippen molar-refractivity contribution in [3.63, 3.8) is 0 Å². The highest BCUT2D eigenvalue weighted by atomic mass is 16.4. The van der Waals surface area contributed by atoms with Gasteiger partial charge in [0.05, 0.1) is 5.92 Å². The topological polar surface area (TPSA) is 98.1 Å². The van der Waals surface area contributed by atoms with E-state index < -0.39 is 31.3 Å². The number of unbranched alkanes of at least 4 members (excludes halogenated alkanes) is 7. The Morgan fingerprint density at radius 3 is 1.86 bits per heavy atom. The van der Waals surface area contributed by atoms with Gasteiger partial charge in [0.25, 0.3) is 0 Å². The lowest BCUT2D eigenvalue weighted by molar-refractivity contribution is -0.149. The zero-order valence-electron chi connectivity index (χ0n) is 13.7. The molecule has 0 bridgehead atoms. The molecule has 3 N–H and O–H groups in total. The first kappa shape index (κ1) is 20.9. The summed E-state index contributed by atoms with van der Waals surface area (Å²) >= 11 is 0. The molecule has 6 heteroatoms. The van der Waals surface area contributed by atoms with Crippen molar-refractivity contribution in [2.45, 2.75) is 71.1 Å². The molecule has 1 amide bonds. The van der Waals surface area contributed by atoms with Gasteiger partial charge in [0.15, 0.2) is 0 Å². The van der Waals surface area contributed by atoms with Gasteiger partial charge in [-0.15, -0.1) is 0 Å². The quantitative estimate of drug-likeness (QED) is 0.337. The Bertz CT molecular complexity index is 305. The highest BCUT2D eigenvalue weighted by Crippen LogP contribution is 2.17. The number of nitrogens with zero attached hydrogens (tertiary/aromatic N) is 1. The first-order valence-electron chi connectivity index (χ1n) is 8.29. The molecule has 1 unspecified atom stereocenters. The summed E-state index contributed by atoms with van der Waals surface area (Å²) in [5.74, 6) is -2.27. The molecule has 0 rings (SSSR count). The minimum atomic E-state index is -0.993. The van der Waals surface area contributed by atoms with Crippen LogP contribution in [0.4, 0.5) is 0 Å². The Labute approximate surface area is 133 Å². The average molecular weight is 317 g/mol. The van der Waals surface area contributed by atoms with E-state index >= 15 is 0 Å². The van der Waals surface area contributed by atoms with Crippen LogP contribution in [0, 0.1) is 5.92 Å². The number of aliphatic hydroxyl groups excluding tert-OH is 2. The van der Waals surface area contributed by atoms with E-state index in [1.165, 1.54) is 32.1 Å². The van der Waals surface area contributed by atoms with Crippen LogP contribution in [0.25, 0.3) is 0 Å². The summed E-state index contributed by atoms with van der Waals surface area (Å²) in [7, 11) is 0. The molecule has 0 aliphatic carbocycles. The van der Waals surface area contributed by atoms with Gasteiger partial charge in [-0.2, -0.15) is 0 Å². The smallest absolute Gasteiger partial charge is 0.307 e. The standard InChI is InChI=1S/C16H31NO5/c1-2-3-4-5-6-7-8-9-10-14(16(21)22)11-15(20)17(12-18)13-19/h14,18-19H,2-13H2,1H3,(H,21,22). The van der Waals surface area contributed by atoms with Crippen molar-refractivity contribution >= 4 is 11.9 Å². The largest absolute Gasteiger partial charge is 0.481 e. The normalized spacial score (nSPS) is 12.1.